The normalized spacial score (nSPS) is 23.6. The summed E-state index contributed by atoms with van der Waals surface area (Å²) in [4.78, 5) is 26.2. The summed E-state index contributed by atoms with van der Waals surface area (Å²) < 4.78 is 29.5. The Morgan fingerprint density at radius 3 is 2.72 bits per heavy atom. The van der Waals surface area contributed by atoms with E-state index in [1.165, 1.54) is 10.8 Å². The zero-order valence-electron chi connectivity index (χ0n) is 18.6. The molecule has 0 bridgehead atoms. The highest BCUT2D eigenvalue weighted by Gasteiger charge is 2.39. The number of H-pyrrole nitrogens is 1. The largest absolute Gasteiger partial charge is 0.352 e. The Morgan fingerprint density at radius 2 is 2.14 bits per heavy atom. The van der Waals surface area contributed by atoms with E-state index in [9.17, 15) is 9.59 Å². The molecule has 1 aliphatic rings. The molecule has 29 heavy (non-hydrogen) atoms. The number of aromatic amines is 1. The third kappa shape index (κ3) is 5.97. The number of nitrogens with zero attached hydrogens (tertiary/aromatic N) is 3. The maximum atomic E-state index is 12.2. The number of nitrogens with one attached hydrogen (secondary N) is 1. The summed E-state index contributed by atoms with van der Waals surface area (Å²) in [6, 6.07) is 2.36. The number of ether oxygens (including phenoxy) is 1. The zero-order chi connectivity index (χ0) is 22.4. The number of aryl methyl sites for hydroxylation is 1. The Balaban J connectivity index is 2.24. The van der Waals surface area contributed by atoms with Crippen molar-refractivity contribution >= 4 is 8.53 Å². The molecular weight excluding hydrogens is 395 g/mol. The minimum absolute atomic E-state index is 0.0387. The number of hydrogen-bond acceptors (Lipinski definition) is 7. The summed E-state index contributed by atoms with van der Waals surface area (Å²) in [5, 5.41) is 8.85. The van der Waals surface area contributed by atoms with E-state index in [1.807, 2.05) is 27.7 Å². The van der Waals surface area contributed by atoms with Crippen molar-refractivity contribution < 1.29 is 15.2 Å². The second-order valence-corrected chi connectivity index (χ2v) is 8.94. The van der Waals surface area contributed by atoms with Crippen LogP contribution in [0, 0.1) is 18.3 Å². The second-order valence-electron chi connectivity index (χ2n) is 7.53. The van der Waals surface area contributed by atoms with E-state index in [2.05, 4.69) is 15.7 Å². The van der Waals surface area contributed by atoms with Crippen LogP contribution in [0.4, 0.5) is 0 Å². The summed E-state index contributed by atoms with van der Waals surface area (Å²) in [5.74, 6) is 0. The van der Waals surface area contributed by atoms with Gasteiger partial charge < -0.3 is 13.8 Å². The molecule has 4 atom stereocenters. The van der Waals surface area contributed by atoms with Crippen molar-refractivity contribution in [3.05, 3.63) is 32.6 Å². The molecule has 0 spiro atoms. The third-order valence-corrected chi connectivity index (χ3v) is 6.68. The van der Waals surface area contributed by atoms with Gasteiger partial charge in [-0.3, -0.25) is 14.3 Å². The molecule has 0 aliphatic carbocycles. The maximum Gasteiger partial charge on any atom is 0.330 e. The molecule has 0 aromatic carbocycles. The Kier molecular flexibility index (Phi) is 7.99. The number of aromatic nitrogens is 2. The minimum Gasteiger partial charge on any atom is -0.352 e. The zero-order valence-corrected chi connectivity index (χ0v) is 18.5. The fraction of sp³-hybridized carbons (Fsp3) is 0.737. The lowest BCUT2D eigenvalue weighted by Gasteiger charge is -2.37. The van der Waals surface area contributed by atoms with Crippen molar-refractivity contribution in [3.8, 4) is 6.07 Å². The summed E-state index contributed by atoms with van der Waals surface area (Å²) in [6.45, 7) is 10.0. The van der Waals surface area contributed by atoms with E-state index >= 15 is 0 Å². The van der Waals surface area contributed by atoms with Gasteiger partial charge in [0.05, 0.1) is 31.3 Å². The van der Waals surface area contributed by atoms with Gasteiger partial charge >= 0.3 is 5.69 Å². The van der Waals surface area contributed by atoms with Crippen molar-refractivity contribution in [2.45, 2.75) is 84.9 Å². The van der Waals surface area contributed by atoms with Crippen LogP contribution in [-0.4, -0.2) is 45.1 Å². The smallest absolute Gasteiger partial charge is 0.330 e. The molecule has 0 saturated carbocycles. The molecule has 10 heteroatoms. The van der Waals surface area contributed by atoms with Gasteiger partial charge in [-0.15, -0.1) is 0 Å². The van der Waals surface area contributed by atoms with Crippen LogP contribution < -0.4 is 11.2 Å². The lowest BCUT2D eigenvalue weighted by molar-refractivity contribution is -0.00883. The van der Waals surface area contributed by atoms with Crippen LogP contribution in [0.2, 0.25) is 0 Å². The first-order valence-electron chi connectivity index (χ1n) is 10.4. The average Bonchev–Trinajstić information content (AvgIpc) is 3.06. The van der Waals surface area contributed by atoms with Crippen molar-refractivity contribution in [2.24, 2.45) is 0 Å². The van der Waals surface area contributed by atoms with E-state index in [4.69, 9.17) is 20.4 Å². The van der Waals surface area contributed by atoms with Gasteiger partial charge in [0.25, 0.3) is 14.1 Å². The Bertz CT molecular complexity index is 845. The average molecular weight is 427 g/mol. The molecule has 2 unspecified atom stereocenters. The fourth-order valence-electron chi connectivity index (χ4n) is 3.20. The topological polar surface area (TPSA) is 110 Å². The molecule has 0 amide bonds. The van der Waals surface area contributed by atoms with Gasteiger partial charge in [-0.1, -0.05) is 0 Å². The quantitative estimate of drug-likeness (QED) is 0.477. The molecule has 1 fully saturated rings. The highest BCUT2D eigenvalue weighted by Crippen LogP contribution is 2.49. The van der Waals surface area contributed by atoms with E-state index in [-0.39, 0.29) is 32.0 Å². The Morgan fingerprint density at radius 1 is 1.45 bits per heavy atom. The first-order valence-corrected chi connectivity index (χ1v) is 10.8. The lowest BCUT2D eigenvalue weighted by atomic mass is 10.2. The fourth-order valence-corrected chi connectivity index (χ4v) is 4.95. The third-order valence-electron chi connectivity index (χ3n) is 4.52. The van der Waals surface area contributed by atoms with Gasteiger partial charge in [-0.25, -0.2) is 9.46 Å². The van der Waals surface area contributed by atoms with Crippen molar-refractivity contribution in [2.75, 3.05) is 6.61 Å². The molecule has 2 rings (SSSR count). The van der Waals surface area contributed by atoms with E-state index in [1.54, 1.807) is 6.92 Å². The van der Waals surface area contributed by atoms with Gasteiger partial charge in [-0.2, -0.15) is 5.26 Å². The lowest BCUT2D eigenvalue weighted by Crippen LogP contribution is -2.35. The van der Waals surface area contributed by atoms with Crippen LogP contribution in [0.3, 0.4) is 0 Å². The van der Waals surface area contributed by atoms with Crippen LogP contribution in [0.15, 0.2) is 15.8 Å². The molecule has 1 N–H and O–H groups in total. The summed E-state index contributed by atoms with van der Waals surface area (Å²) in [5.41, 5.74) is -0.589. The molecule has 1 aromatic rings. The molecule has 9 nitrogen and oxygen atoms in total. The number of nitriles is 1. The SMILES string of the molecule is [2H]C[C@H]1O[C@@H](n2cc(C)c(=O)[nH]c2=O)CC1OP(OCCC#N)N(C(C)C)C(C)C. The Labute approximate surface area is 173 Å². The molecule has 1 aromatic heterocycles. The second kappa shape index (κ2) is 10.5. The standard InChI is InChI=1S/C19H31N4O5P/c1-12(2)23(13(3)4)29(26-9-7-8-20)28-16-10-17(27-15(16)6)22-11-14(5)18(24)21-19(22)25/h11-13,15-17H,7,9-10H2,1-6H3,(H,21,24,25)/t15-,16?,17-,29?/m1/s1/i6D. The number of rotatable bonds is 9. The van der Waals surface area contributed by atoms with Crippen molar-refractivity contribution in [1.82, 2.24) is 14.2 Å². The van der Waals surface area contributed by atoms with Crippen LogP contribution >= 0.6 is 8.53 Å². The first-order chi connectivity index (χ1) is 14.2. The summed E-state index contributed by atoms with van der Waals surface area (Å²) in [7, 11) is -1.49. The highest BCUT2D eigenvalue weighted by molar-refractivity contribution is 7.44. The summed E-state index contributed by atoms with van der Waals surface area (Å²) >= 11 is 0. The van der Waals surface area contributed by atoms with Crippen LogP contribution in [0.5, 0.6) is 0 Å². The van der Waals surface area contributed by atoms with Gasteiger partial charge in [0.1, 0.15) is 6.23 Å². The van der Waals surface area contributed by atoms with E-state index in [0.717, 1.165) is 0 Å². The highest BCUT2D eigenvalue weighted by atomic mass is 31.2. The predicted octanol–water partition coefficient (Wildman–Crippen LogP) is 2.81. The Hall–Kier alpha value is -1.56. The van der Waals surface area contributed by atoms with E-state index in [0.29, 0.717) is 12.0 Å². The molecule has 2 heterocycles. The maximum absolute atomic E-state index is 12.2. The first kappa shape index (κ1) is 22.1. The van der Waals surface area contributed by atoms with Crippen LogP contribution in [-0.2, 0) is 13.8 Å². The van der Waals surface area contributed by atoms with Crippen molar-refractivity contribution in [3.63, 3.8) is 0 Å². The number of hydrogen-bond donors (Lipinski definition) is 1. The van der Waals surface area contributed by atoms with E-state index < -0.39 is 38.2 Å². The van der Waals surface area contributed by atoms with Gasteiger partial charge in [0, 0.05) is 31.6 Å². The van der Waals surface area contributed by atoms with Crippen molar-refractivity contribution in [1.29, 1.82) is 5.26 Å². The molecule has 0 radical (unpaired) electrons. The summed E-state index contributed by atoms with van der Waals surface area (Å²) in [6.07, 6.45) is 0.426. The molecule has 1 saturated heterocycles. The minimum atomic E-state index is -1.49. The van der Waals surface area contributed by atoms with Gasteiger partial charge in [0.15, 0.2) is 0 Å². The molecule has 162 valence electrons. The molecule has 1 aliphatic heterocycles. The van der Waals surface area contributed by atoms with Crippen LogP contribution in [0.1, 0.15) is 60.6 Å². The molecular formula is C19H31N4O5P. The van der Waals surface area contributed by atoms with Gasteiger partial charge in [-0.05, 0) is 41.5 Å². The van der Waals surface area contributed by atoms with Crippen LogP contribution in [0.25, 0.3) is 0 Å². The predicted molar refractivity (Wildman–Crippen MR) is 110 cm³/mol. The van der Waals surface area contributed by atoms with Gasteiger partial charge in [0.2, 0.25) is 0 Å². The monoisotopic (exact) mass is 427 g/mol.